The Labute approximate surface area is 119 Å². The molecular weight excluding hydrogens is 280 g/mol. The maximum atomic E-state index is 12.1. The number of benzene rings is 1. The molecule has 0 radical (unpaired) electrons. The number of carbonyl (C=O) groups excluding carboxylic acids is 2. The standard InChI is InChI=1S/C13H9ClN4O2/c14-10-3-4-11(18-17-10)16-13(20)7-1-2-9-8(5-7)6-12(19)15-9/h1-5H,6H2,(H,15,19)(H,16,18,20). The number of anilines is 2. The van der Waals surface area contributed by atoms with Crippen molar-refractivity contribution in [3.63, 3.8) is 0 Å². The Morgan fingerprint density at radius 2 is 2.10 bits per heavy atom. The van der Waals surface area contributed by atoms with Crippen LogP contribution in [-0.4, -0.2) is 22.0 Å². The van der Waals surface area contributed by atoms with E-state index in [2.05, 4.69) is 20.8 Å². The van der Waals surface area contributed by atoms with E-state index in [1.807, 2.05) is 0 Å². The zero-order valence-corrected chi connectivity index (χ0v) is 10.9. The largest absolute Gasteiger partial charge is 0.326 e. The van der Waals surface area contributed by atoms with Crippen molar-refractivity contribution < 1.29 is 9.59 Å². The molecule has 0 unspecified atom stereocenters. The van der Waals surface area contributed by atoms with Crippen LogP contribution < -0.4 is 10.6 Å². The summed E-state index contributed by atoms with van der Waals surface area (Å²) in [5, 5.41) is 13.0. The smallest absolute Gasteiger partial charge is 0.256 e. The summed E-state index contributed by atoms with van der Waals surface area (Å²) < 4.78 is 0. The van der Waals surface area contributed by atoms with E-state index >= 15 is 0 Å². The second kappa shape index (κ2) is 4.90. The molecule has 0 atom stereocenters. The van der Waals surface area contributed by atoms with Gasteiger partial charge in [0.25, 0.3) is 5.91 Å². The van der Waals surface area contributed by atoms with Gasteiger partial charge in [-0.05, 0) is 35.9 Å². The molecule has 2 aromatic rings. The molecule has 0 bridgehead atoms. The first kappa shape index (κ1) is 12.6. The van der Waals surface area contributed by atoms with Gasteiger partial charge in [-0.3, -0.25) is 9.59 Å². The highest BCUT2D eigenvalue weighted by atomic mass is 35.5. The van der Waals surface area contributed by atoms with Crippen molar-refractivity contribution in [2.75, 3.05) is 10.6 Å². The van der Waals surface area contributed by atoms with Gasteiger partial charge in [0.1, 0.15) is 0 Å². The second-order valence-electron chi connectivity index (χ2n) is 4.29. The van der Waals surface area contributed by atoms with Gasteiger partial charge in [-0.2, -0.15) is 0 Å². The number of nitrogens with one attached hydrogen (secondary N) is 2. The lowest BCUT2D eigenvalue weighted by atomic mass is 10.1. The first-order valence-corrected chi connectivity index (χ1v) is 6.23. The number of fused-ring (bicyclic) bond motifs is 1. The molecule has 1 aliphatic rings. The lowest BCUT2D eigenvalue weighted by molar-refractivity contribution is -0.115. The number of aromatic nitrogens is 2. The van der Waals surface area contributed by atoms with E-state index < -0.39 is 0 Å². The van der Waals surface area contributed by atoms with E-state index in [1.54, 1.807) is 24.3 Å². The Morgan fingerprint density at radius 1 is 1.25 bits per heavy atom. The molecular formula is C13H9ClN4O2. The predicted molar refractivity (Wildman–Crippen MR) is 73.8 cm³/mol. The summed E-state index contributed by atoms with van der Waals surface area (Å²) in [6.45, 7) is 0. The zero-order chi connectivity index (χ0) is 14.1. The van der Waals surface area contributed by atoms with Crippen molar-refractivity contribution in [1.82, 2.24) is 10.2 Å². The molecule has 0 aliphatic carbocycles. The fourth-order valence-electron chi connectivity index (χ4n) is 1.94. The highest BCUT2D eigenvalue weighted by Crippen LogP contribution is 2.24. The van der Waals surface area contributed by atoms with Crippen LogP contribution in [0.3, 0.4) is 0 Å². The molecule has 20 heavy (non-hydrogen) atoms. The molecule has 7 heteroatoms. The summed E-state index contributed by atoms with van der Waals surface area (Å²) in [4.78, 5) is 23.3. The fraction of sp³-hybridized carbons (Fsp3) is 0.0769. The number of hydrogen-bond donors (Lipinski definition) is 2. The van der Waals surface area contributed by atoms with Crippen molar-refractivity contribution in [3.05, 3.63) is 46.6 Å². The summed E-state index contributed by atoms with van der Waals surface area (Å²) in [7, 11) is 0. The second-order valence-corrected chi connectivity index (χ2v) is 4.68. The number of hydrogen-bond acceptors (Lipinski definition) is 4. The molecule has 2 heterocycles. The van der Waals surface area contributed by atoms with Gasteiger partial charge in [0, 0.05) is 11.3 Å². The third-order valence-electron chi connectivity index (χ3n) is 2.87. The van der Waals surface area contributed by atoms with Crippen LogP contribution in [0.5, 0.6) is 0 Å². The summed E-state index contributed by atoms with van der Waals surface area (Å²) >= 11 is 5.62. The number of rotatable bonds is 2. The van der Waals surface area contributed by atoms with Gasteiger partial charge in [0.15, 0.2) is 11.0 Å². The molecule has 2 amide bonds. The van der Waals surface area contributed by atoms with Gasteiger partial charge in [-0.15, -0.1) is 10.2 Å². The van der Waals surface area contributed by atoms with Crippen LogP contribution in [0.1, 0.15) is 15.9 Å². The van der Waals surface area contributed by atoms with E-state index in [4.69, 9.17) is 11.6 Å². The van der Waals surface area contributed by atoms with Crippen molar-refractivity contribution in [2.45, 2.75) is 6.42 Å². The quantitative estimate of drug-likeness (QED) is 0.883. The van der Waals surface area contributed by atoms with Gasteiger partial charge in [-0.25, -0.2) is 0 Å². The Morgan fingerprint density at radius 3 is 2.85 bits per heavy atom. The fourth-order valence-corrected chi connectivity index (χ4v) is 2.04. The van der Waals surface area contributed by atoms with Crippen molar-refractivity contribution in [2.24, 2.45) is 0 Å². The molecule has 1 aromatic carbocycles. The minimum absolute atomic E-state index is 0.0684. The van der Waals surface area contributed by atoms with Crippen molar-refractivity contribution in [3.8, 4) is 0 Å². The van der Waals surface area contributed by atoms with Crippen LogP contribution in [0.15, 0.2) is 30.3 Å². The third-order valence-corrected chi connectivity index (χ3v) is 3.07. The Hall–Kier alpha value is -2.47. The number of nitrogens with zero attached hydrogens (tertiary/aromatic N) is 2. The number of amides is 2. The van der Waals surface area contributed by atoms with Crippen LogP contribution >= 0.6 is 11.6 Å². The van der Waals surface area contributed by atoms with Crippen LogP contribution in [0.2, 0.25) is 5.15 Å². The molecule has 1 aliphatic heterocycles. The Kier molecular flexibility index (Phi) is 3.08. The van der Waals surface area contributed by atoms with Crippen LogP contribution in [0, 0.1) is 0 Å². The molecule has 6 nitrogen and oxygen atoms in total. The van der Waals surface area contributed by atoms with Gasteiger partial charge < -0.3 is 10.6 Å². The number of halogens is 1. The van der Waals surface area contributed by atoms with Crippen molar-refractivity contribution in [1.29, 1.82) is 0 Å². The van der Waals surface area contributed by atoms with Crippen molar-refractivity contribution >= 4 is 34.9 Å². The summed E-state index contributed by atoms with van der Waals surface area (Å²) in [5.74, 6) is -0.0704. The van der Waals surface area contributed by atoms with Gasteiger partial charge in [0.05, 0.1) is 6.42 Å². The van der Waals surface area contributed by atoms with E-state index in [0.717, 1.165) is 11.3 Å². The predicted octanol–water partition coefficient (Wildman–Crippen LogP) is 1.88. The normalized spacial score (nSPS) is 12.8. The van der Waals surface area contributed by atoms with Crippen LogP contribution in [-0.2, 0) is 11.2 Å². The summed E-state index contributed by atoms with van der Waals surface area (Å²) in [5.41, 5.74) is 2.01. The van der Waals surface area contributed by atoms with E-state index in [9.17, 15) is 9.59 Å². The SMILES string of the molecule is O=C1Cc2cc(C(=O)Nc3ccc(Cl)nn3)ccc2N1. The molecule has 1 aromatic heterocycles. The van der Waals surface area contributed by atoms with E-state index in [0.29, 0.717) is 11.4 Å². The summed E-state index contributed by atoms with van der Waals surface area (Å²) in [6, 6.07) is 8.14. The lowest BCUT2D eigenvalue weighted by Gasteiger charge is -2.05. The number of carbonyl (C=O) groups is 2. The van der Waals surface area contributed by atoms with Gasteiger partial charge >= 0.3 is 0 Å². The zero-order valence-electron chi connectivity index (χ0n) is 10.2. The Bertz CT molecular complexity index is 700. The van der Waals surface area contributed by atoms with Gasteiger partial charge in [0.2, 0.25) is 5.91 Å². The summed E-state index contributed by atoms with van der Waals surface area (Å²) in [6.07, 6.45) is 0.289. The molecule has 2 N–H and O–H groups in total. The molecule has 0 fully saturated rings. The minimum atomic E-state index is -0.316. The maximum absolute atomic E-state index is 12.1. The van der Waals surface area contributed by atoms with E-state index in [1.165, 1.54) is 6.07 Å². The average Bonchev–Trinajstić information content (AvgIpc) is 2.80. The van der Waals surface area contributed by atoms with Crippen LogP contribution in [0.4, 0.5) is 11.5 Å². The first-order valence-electron chi connectivity index (χ1n) is 5.85. The minimum Gasteiger partial charge on any atom is -0.326 e. The Balaban J connectivity index is 1.79. The molecule has 0 saturated heterocycles. The average molecular weight is 289 g/mol. The lowest BCUT2D eigenvalue weighted by Crippen LogP contribution is -2.13. The maximum Gasteiger partial charge on any atom is 0.256 e. The van der Waals surface area contributed by atoms with Crippen LogP contribution in [0.25, 0.3) is 0 Å². The topological polar surface area (TPSA) is 84.0 Å². The monoisotopic (exact) mass is 288 g/mol. The van der Waals surface area contributed by atoms with Gasteiger partial charge in [-0.1, -0.05) is 11.6 Å². The first-order chi connectivity index (χ1) is 9.61. The molecule has 0 saturated carbocycles. The molecule has 0 spiro atoms. The highest BCUT2D eigenvalue weighted by Gasteiger charge is 2.19. The highest BCUT2D eigenvalue weighted by molar-refractivity contribution is 6.29. The van der Waals surface area contributed by atoms with E-state index in [-0.39, 0.29) is 23.4 Å². The molecule has 3 rings (SSSR count). The molecule has 100 valence electrons. The third kappa shape index (κ3) is 2.46.